The molecule has 0 saturated carbocycles. The molecule has 23 heavy (non-hydrogen) atoms. The highest BCUT2D eigenvalue weighted by Gasteiger charge is 2.14. The van der Waals surface area contributed by atoms with Crippen LogP contribution < -0.4 is 11.2 Å². The molecule has 0 saturated heterocycles. The highest BCUT2D eigenvalue weighted by molar-refractivity contribution is 5.33. The second-order valence-corrected chi connectivity index (χ2v) is 5.76. The Hall–Kier alpha value is -2.14. The summed E-state index contributed by atoms with van der Waals surface area (Å²) in [6, 6.07) is 6.28. The Morgan fingerprint density at radius 3 is 2.30 bits per heavy atom. The standard InChI is InChI=1S/C18H24N2O3/c1-5-15-16(10-14-8-12(3)7-13(4)9-14)20(11-23-6-2)18(22)19-17(15)21/h7-9H,5-6,10-11H2,1-4H3,(H,19,21,22). The molecule has 5 nitrogen and oxygen atoms in total. The number of aromatic nitrogens is 2. The number of nitrogens with one attached hydrogen (secondary N) is 1. The number of H-pyrrole nitrogens is 1. The van der Waals surface area contributed by atoms with Crippen molar-refractivity contribution in [3.05, 3.63) is 67.0 Å². The molecule has 0 aliphatic carbocycles. The quantitative estimate of drug-likeness (QED) is 0.889. The molecule has 1 N–H and O–H groups in total. The average Bonchev–Trinajstić information content (AvgIpc) is 2.46. The van der Waals surface area contributed by atoms with Gasteiger partial charge in [-0.1, -0.05) is 36.2 Å². The van der Waals surface area contributed by atoms with Crippen LogP contribution in [0, 0.1) is 13.8 Å². The van der Waals surface area contributed by atoms with Gasteiger partial charge in [-0.2, -0.15) is 0 Å². The van der Waals surface area contributed by atoms with E-state index in [9.17, 15) is 9.59 Å². The fourth-order valence-corrected chi connectivity index (χ4v) is 2.91. The number of ether oxygens (including phenoxy) is 1. The number of rotatable bonds is 6. The highest BCUT2D eigenvalue weighted by Crippen LogP contribution is 2.15. The SMILES string of the molecule is CCOCn1c(Cc2cc(C)cc(C)c2)c(CC)c(=O)[nH]c1=O. The monoisotopic (exact) mass is 316 g/mol. The predicted molar refractivity (Wildman–Crippen MR) is 91.0 cm³/mol. The third-order valence-corrected chi connectivity index (χ3v) is 3.84. The normalized spacial score (nSPS) is 11.0. The summed E-state index contributed by atoms with van der Waals surface area (Å²) in [4.78, 5) is 26.7. The molecule has 0 atom stereocenters. The second-order valence-electron chi connectivity index (χ2n) is 5.76. The van der Waals surface area contributed by atoms with Gasteiger partial charge in [-0.25, -0.2) is 4.79 Å². The first-order valence-electron chi connectivity index (χ1n) is 7.96. The van der Waals surface area contributed by atoms with Crippen molar-refractivity contribution < 1.29 is 4.74 Å². The zero-order chi connectivity index (χ0) is 17.0. The Kier molecular flexibility index (Phi) is 5.55. The van der Waals surface area contributed by atoms with Crippen LogP contribution >= 0.6 is 0 Å². The lowest BCUT2D eigenvalue weighted by molar-refractivity contribution is 0.0822. The molecule has 1 heterocycles. The number of hydrogen-bond donors (Lipinski definition) is 1. The Bertz CT molecular complexity index is 783. The van der Waals surface area contributed by atoms with Gasteiger partial charge >= 0.3 is 5.69 Å². The molecule has 2 rings (SSSR count). The van der Waals surface area contributed by atoms with E-state index in [-0.39, 0.29) is 12.3 Å². The highest BCUT2D eigenvalue weighted by atomic mass is 16.5. The molecule has 0 radical (unpaired) electrons. The molecular weight excluding hydrogens is 292 g/mol. The largest absolute Gasteiger partial charge is 0.361 e. The van der Waals surface area contributed by atoms with Crippen LogP contribution in [-0.2, 0) is 24.3 Å². The van der Waals surface area contributed by atoms with E-state index < -0.39 is 5.69 Å². The van der Waals surface area contributed by atoms with Crippen molar-refractivity contribution in [3.8, 4) is 0 Å². The molecule has 0 aliphatic rings. The third-order valence-electron chi connectivity index (χ3n) is 3.84. The van der Waals surface area contributed by atoms with E-state index in [1.807, 2.05) is 27.7 Å². The molecule has 0 fully saturated rings. The molecule has 0 unspecified atom stereocenters. The summed E-state index contributed by atoms with van der Waals surface area (Å²) < 4.78 is 6.94. The Morgan fingerprint density at radius 1 is 1.09 bits per heavy atom. The maximum atomic E-state index is 12.2. The molecular formula is C18H24N2O3. The Labute approximate surface area is 135 Å². The molecule has 124 valence electrons. The van der Waals surface area contributed by atoms with E-state index in [1.165, 1.54) is 15.7 Å². The van der Waals surface area contributed by atoms with Gasteiger partial charge in [-0.05, 0) is 32.8 Å². The molecule has 2 aromatic rings. The van der Waals surface area contributed by atoms with Crippen molar-refractivity contribution in [3.63, 3.8) is 0 Å². The summed E-state index contributed by atoms with van der Waals surface area (Å²) in [6.45, 7) is 8.55. The van der Waals surface area contributed by atoms with Gasteiger partial charge < -0.3 is 4.74 Å². The van der Waals surface area contributed by atoms with E-state index >= 15 is 0 Å². The van der Waals surface area contributed by atoms with Gasteiger partial charge in [0.15, 0.2) is 0 Å². The minimum Gasteiger partial charge on any atom is -0.361 e. The maximum Gasteiger partial charge on any atom is 0.330 e. The molecule has 0 spiro atoms. The van der Waals surface area contributed by atoms with Crippen LogP contribution in [0.1, 0.15) is 41.8 Å². The summed E-state index contributed by atoms with van der Waals surface area (Å²) in [5, 5.41) is 0. The predicted octanol–water partition coefficient (Wildman–Crippen LogP) is 2.30. The van der Waals surface area contributed by atoms with Crippen LogP contribution in [-0.4, -0.2) is 16.2 Å². The third kappa shape index (κ3) is 3.99. The molecule has 0 aliphatic heterocycles. The number of hydrogen-bond acceptors (Lipinski definition) is 3. The lowest BCUT2D eigenvalue weighted by Crippen LogP contribution is -2.36. The molecule has 1 aromatic carbocycles. The maximum absolute atomic E-state index is 12.2. The van der Waals surface area contributed by atoms with Crippen LogP contribution in [0.4, 0.5) is 0 Å². The Balaban J connectivity index is 2.57. The van der Waals surface area contributed by atoms with Crippen molar-refractivity contribution in [2.24, 2.45) is 0 Å². The first-order chi connectivity index (χ1) is 11.0. The van der Waals surface area contributed by atoms with Crippen molar-refractivity contribution in [1.29, 1.82) is 0 Å². The van der Waals surface area contributed by atoms with Crippen molar-refractivity contribution in [1.82, 2.24) is 9.55 Å². The van der Waals surface area contributed by atoms with E-state index in [0.717, 1.165) is 11.3 Å². The smallest absolute Gasteiger partial charge is 0.330 e. The van der Waals surface area contributed by atoms with Gasteiger partial charge in [0.2, 0.25) is 0 Å². The van der Waals surface area contributed by atoms with E-state index in [4.69, 9.17) is 4.74 Å². The van der Waals surface area contributed by atoms with E-state index in [2.05, 4.69) is 23.2 Å². The molecule has 0 amide bonds. The second kappa shape index (κ2) is 7.42. The first kappa shape index (κ1) is 17.2. The zero-order valence-corrected chi connectivity index (χ0v) is 14.2. The zero-order valence-electron chi connectivity index (χ0n) is 14.2. The van der Waals surface area contributed by atoms with Crippen molar-refractivity contribution >= 4 is 0 Å². The van der Waals surface area contributed by atoms with E-state index in [1.54, 1.807) is 0 Å². The summed E-state index contributed by atoms with van der Waals surface area (Å²) in [5.41, 5.74) is 4.09. The minimum absolute atomic E-state index is 0.152. The minimum atomic E-state index is -0.417. The van der Waals surface area contributed by atoms with Gasteiger partial charge in [0.05, 0.1) is 0 Å². The summed E-state index contributed by atoms with van der Waals surface area (Å²) in [6.07, 6.45) is 1.11. The first-order valence-corrected chi connectivity index (χ1v) is 7.96. The van der Waals surface area contributed by atoms with E-state index in [0.29, 0.717) is 25.0 Å². The average molecular weight is 316 g/mol. The van der Waals surface area contributed by atoms with Crippen LogP contribution in [0.5, 0.6) is 0 Å². The lowest BCUT2D eigenvalue weighted by Gasteiger charge is -2.16. The van der Waals surface area contributed by atoms with Gasteiger partial charge in [-0.15, -0.1) is 0 Å². The van der Waals surface area contributed by atoms with Crippen LogP contribution in [0.2, 0.25) is 0 Å². The van der Waals surface area contributed by atoms with Crippen molar-refractivity contribution in [2.45, 2.75) is 47.3 Å². The fraction of sp³-hybridized carbons (Fsp3) is 0.444. The number of nitrogens with zero attached hydrogens (tertiary/aromatic N) is 1. The van der Waals surface area contributed by atoms with Gasteiger partial charge in [0, 0.05) is 24.3 Å². The van der Waals surface area contributed by atoms with Crippen molar-refractivity contribution in [2.75, 3.05) is 6.61 Å². The molecule has 1 aromatic heterocycles. The number of aryl methyl sites for hydroxylation is 2. The van der Waals surface area contributed by atoms with Crippen LogP contribution in [0.3, 0.4) is 0 Å². The van der Waals surface area contributed by atoms with Crippen LogP contribution in [0.25, 0.3) is 0 Å². The van der Waals surface area contributed by atoms with Crippen LogP contribution in [0.15, 0.2) is 27.8 Å². The summed E-state index contributed by atoms with van der Waals surface area (Å²) in [5.74, 6) is 0. The fourth-order valence-electron chi connectivity index (χ4n) is 2.91. The topological polar surface area (TPSA) is 64.1 Å². The lowest BCUT2D eigenvalue weighted by atomic mass is 10.0. The van der Waals surface area contributed by atoms with Gasteiger partial charge in [-0.3, -0.25) is 14.3 Å². The molecule has 5 heteroatoms. The molecule has 0 bridgehead atoms. The number of benzene rings is 1. The summed E-state index contributed by atoms with van der Waals surface area (Å²) in [7, 11) is 0. The van der Waals surface area contributed by atoms with Gasteiger partial charge in [0.25, 0.3) is 5.56 Å². The number of aromatic amines is 1. The summed E-state index contributed by atoms with van der Waals surface area (Å²) >= 11 is 0. The van der Waals surface area contributed by atoms with Gasteiger partial charge in [0.1, 0.15) is 6.73 Å². The Morgan fingerprint density at radius 2 is 1.74 bits per heavy atom.